The van der Waals surface area contributed by atoms with E-state index >= 15 is 0 Å². The second-order valence-electron chi connectivity index (χ2n) is 8.00. The van der Waals surface area contributed by atoms with Crippen LogP contribution in [0.2, 0.25) is 5.02 Å². The highest BCUT2D eigenvalue weighted by molar-refractivity contribution is 9.10. The van der Waals surface area contributed by atoms with E-state index in [-0.39, 0.29) is 27.7 Å². The Balaban J connectivity index is 1.78. The standard InChI is InChI=1S/C24H23BrClF2N5O2S/c1-4-9-33-22(20(13(2)3)30-23(35)15-7-5-6-8-17(15)26)31-32-24(33)36-12-19(34)29-21-16(25)10-14(27)11-18(21)28/h4-8,10-11,13,20H,1,9,12H2,2-3H3,(H,29,34)(H,30,35). The number of nitrogens with zero attached hydrogens (tertiary/aromatic N) is 3. The lowest BCUT2D eigenvalue weighted by Gasteiger charge is -2.23. The fraction of sp³-hybridized carbons (Fsp3) is 0.250. The number of thioether (sulfide) groups is 1. The number of hydrogen-bond donors (Lipinski definition) is 2. The summed E-state index contributed by atoms with van der Waals surface area (Å²) >= 11 is 10.3. The van der Waals surface area contributed by atoms with Gasteiger partial charge in [-0.15, -0.1) is 16.8 Å². The first-order valence-corrected chi connectivity index (χ1v) is 12.9. The Hall–Kier alpha value is -2.76. The molecule has 2 aromatic carbocycles. The van der Waals surface area contributed by atoms with Crippen molar-refractivity contribution in [1.82, 2.24) is 20.1 Å². The van der Waals surface area contributed by atoms with E-state index in [9.17, 15) is 18.4 Å². The highest BCUT2D eigenvalue weighted by atomic mass is 79.9. The molecule has 1 heterocycles. The zero-order valence-corrected chi connectivity index (χ0v) is 22.6. The SMILES string of the molecule is C=CCn1c(SCC(=O)Nc2c(F)cc(F)cc2Br)nnc1C(NC(=O)c1ccccc1Cl)C(C)C. The van der Waals surface area contributed by atoms with Gasteiger partial charge in [0.2, 0.25) is 5.91 Å². The van der Waals surface area contributed by atoms with Gasteiger partial charge in [0.25, 0.3) is 5.91 Å². The van der Waals surface area contributed by atoms with Crippen molar-refractivity contribution in [1.29, 1.82) is 0 Å². The van der Waals surface area contributed by atoms with Crippen molar-refractivity contribution in [2.45, 2.75) is 31.6 Å². The first kappa shape index (κ1) is 27.8. The van der Waals surface area contributed by atoms with Crippen LogP contribution in [0.5, 0.6) is 0 Å². The van der Waals surface area contributed by atoms with Crippen molar-refractivity contribution in [2.75, 3.05) is 11.1 Å². The predicted octanol–water partition coefficient (Wildman–Crippen LogP) is 6.02. The van der Waals surface area contributed by atoms with Crippen LogP contribution < -0.4 is 10.6 Å². The number of carbonyl (C=O) groups excluding carboxylic acids is 2. The van der Waals surface area contributed by atoms with Crippen molar-refractivity contribution >= 4 is 56.8 Å². The minimum atomic E-state index is -0.897. The van der Waals surface area contributed by atoms with Crippen molar-refractivity contribution in [3.8, 4) is 0 Å². The molecule has 190 valence electrons. The number of anilines is 1. The molecule has 0 saturated carbocycles. The number of nitrogens with one attached hydrogen (secondary N) is 2. The van der Waals surface area contributed by atoms with E-state index in [1.807, 2.05) is 13.8 Å². The van der Waals surface area contributed by atoms with E-state index in [1.165, 1.54) is 0 Å². The van der Waals surface area contributed by atoms with Gasteiger partial charge in [0, 0.05) is 17.1 Å². The van der Waals surface area contributed by atoms with Crippen LogP contribution >= 0.6 is 39.3 Å². The van der Waals surface area contributed by atoms with Crippen LogP contribution in [0.4, 0.5) is 14.5 Å². The molecule has 0 fully saturated rings. The molecule has 0 radical (unpaired) electrons. The molecule has 0 bridgehead atoms. The molecule has 3 aromatic rings. The van der Waals surface area contributed by atoms with Gasteiger partial charge in [0.1, 0.15) is 5.82 Å². The maximum Gasteiger partial charge on any atom is 0.253 e. The molecule has 0 aliphatic rings. The van der Waals surface area contributed by atoms with Gasteiger partial charge in [-0.2, -0.15) is 0 Å². The monoisotopic (exact) mass is 597 g/mol. The number of halogens is 4. The Bertz CT molecular complexity index is 1260. The first-order chi connectivity index (χ1) is 17.1. The van der Waals surface area contributed by atoms with Crippen molar-refractivity contribution in [3.05, 3.63) is 81.6 Å². The van der Waals surface area contributed by atoms with Gasteiger partial charge < -0.3 is 15.2 Å². The van der Waals surface area contributed by atoms with Crippen LogP contribution in [-0.4, -0.2) is 32.3 Å². The summed E-state index contributed by atoms with van der Waals surface area (Å²) in [5.41, 5.74) is 0.183. The van der Waals surface area contributed by atoms with E-state index in [0.717, 1.165) is 17.8 Å². The van der Waals surface area contributed by atoms with E-state index in [0.29, 0.717) is 34.2 Å². The van der Waals surface area contributed by atoms with Gasteiger partial charge in [0.15, 0.2) is 16.8 Å². The minimum absolute atomic E-state index is 0.0517. The summed E-state index contributed by atoms with van der Waals surface area (Å²) in [6.07, 6.45) is 1.65. The van der Waals surface area contributed by atoms with Crippen LogP contribution in [0.3, 0.4) is 0 Å². The zero-order chi connectivity index (χ0) is 26.4. The molecule has 1 unspecified atom stereocenters. The maximum absolute atomic E-state index is 14.0. The molecular weight excluding hydrogens is 576 g/mol. The topological polar surface area (TPSA) is 88.9 Å². The Morgan fingerprint density at radius 2 is 1.97 bits per heavy atom. The molecule has 7 nitrogen and oxygen atoms in total. The van der Waals surface area contributed by atoms with Gasteiger partial charge >= 0.3 is 0 Å². The molecule has 1 atom stereocenters. The number of hydrogen-bond acceptors (Lipinski definition) is 5. The molecule has 0 spiro atoms. The average Bonchev–Trinajstić information content (AvgIpc) is 3.20. The van der Waals surface area contributed by atoms with E-state index in [1.54, 1.807) is 34.9 Å². The maximum atomic E-state index is 14.0. The van der Waals surface area contributed by atoms with Gasteiger partial charge in [-0.3, -0.25) is 9.59 Å². The van der Waals surface area contributed by atoms with E-state index < -0.39 is 23.6 Å². The molecule has 0 saturated heterocycles. The van der Waals surface area contributed by atoms with Crippen LogP contribution in [-0.2, 0) is 11.3 Å². The molecule has 2 N–H and O–H groups in total. The lowest BCUT2D eigenvalue weighted by Crippen LogP contribution is -2.34. The number of allylic oxidation sites excluding steroid dienone is 1. The molecule has 3 rings (SSSR count). The third-order valence-electron chi connectivity index (χ3n) is 5.01. The fourth-order valence-electron chi connectivity index (χ4n) is 3.30. The van der Waals surface area contributed by atoms with Gasteiger partial charge in [-0.25, -0.2) is 8.78 Å². The number of aromatic nitrogens is 3. The summed E-state index contributed by atoms with van der Waals surface area (Å²) < 4.78 is 29.2. The van der Waals surface area contributed by atoms with Crippen molar-refractivity contribution in [3.63, 3.8) is 0 Å². The van der Waals surface area contributed by atoms with E-state index in [4.69, 9.17) is 11.6 Å². The van der Waals surface area contributed by atoms with Gasteiger partial charge in [0.05, 0.1) is 28.1 Å². The number of carbonyl (C=O) groups is 2. The molecule has 0 aliphatic carbocycles. The summed E-state index contributed by atoms with van der Waals surface area (Å²) in [6, 6.07) is 7.96. The minimum Gasteiger partial charge on any atom is -0.342 e. The molecule has 36 heavy (non-hydrogen) atoms. The lowest BCUT2D eigenvalue weighted by molar-refractivity contribution is -0.113. The molecule has 1 aromatic heterocycles. The van der Waals surface area contributed by atoms with Gasteiger partial charge in [-0.05, 0) is 40.0 Å². The van der Waals surface area contributed by atoms with Crippen LogP contribution in [0.1, 0.15) is 36.1 Å². The second-order valence-corrected chi connectivity index (χ2v) is 10.2. The molecule has 12 heteroatoms. The molecular formula is C24H23BrClF2N5O2S. The number of benzene rings is 2. The Labute approximate surface area is 224 Å². The highest BCUT2D eigenvalue weighted by Gasteiger charge is 2.27. The molecule has 0 aliphatic heterocycles. The summed E-state index contributed by atoms with van der Waals surface area (Å²) in [5.74, 6) is -2.22. The lowest BCUT2D eigenvalue weighted by atomic mass is 10.0. The van der Waals surface area contributed by atoms with Crippen molar-refractivity contribution in [2.24, 2.45) is 5.92 Å². The summed E-state index contributed by atoms with van der Waals surface area (Å²) in [4.78, 5) is 25.4. The van der Waals surface area contributed by atoms with Crippen LogP contribution in [0.15, 0.2) is 58.7 Å². The van der Waals surface area contributed by atoms with E-state index in [2.05, 4.69) is 43.3 Å². The average molecular weight is 599 g/mol. The summed E-state index contributed by atoms with van der Waals surface area (Å²) in [7, 11) is 0. The Kier molecular flexibility index (Phi) is 9.63. The second kappa shape index (κ2) is 12.5. The van der Waals surface area contributed by atoms with Crippen LogP contribution in [0, 0.1) is 17.6 Å². The predicted molar refractivity (Wildman–Crippen MR) is 140 cm³/mol. The Morgan fingerprint density at radius 3 is 2.61 bits per heavy atom. The fourth-order valence-corrected chi connectivity index (χ4v) is 4.78. The van der Waals surface area contributed by atoms with Gasteiger partial charge in [-0.1, -0.05) is 55.4 Å². The van der Waals surface area contributed by atoms with Crippen LogP contribution in [0.25, 0.3) is 0 Å². The number of rotatable bonds is 10. The zero-order valence-electron chi connectivity index (χ0n) is 19.4. The largest absolute Gasteiger partial charge is 0.342 e. The summed E-state index contributed by atoms with van der Waals surface area (Å²) in [5, 5.41) is 14.6. The Morgan fingerprint density at radius 1 is 1.25 bits per heavy atom. The normalized spacial score (nSPS) is 11.9. The molecule has 2 amide bonds. The smallest absolute Gasteiger partial charge is 0.253 e. The first-order valence-electron chi connectivity index (χ1n) is 10.8. The number of amides is 2. The third-order valence-corrected chi connectivity index (χ3v) is 6.93. The summed E-state index contributed by atoms with van der Waals surface area (Å²) in [6.45, 7) is 7.96. The van der Waals surface area contributed by atoms with Crippen molar-refractivity contribution < 1.29 is 18.4 Å². The third kappa shape index (κ3) is 6.71. The quantitative estimate of drug-likeness (QED) is 0.220. The highest BCUT2D eigenvalue weighted by Crippen LogP contribution is 2.29.